The van der Waals surface area contributed by atoms with Crippen LogP contribution >= 0.6 is 0 Å². The number of rotatable bonds is 2. The lowest BCUT2D eigenvalue weighted by atomic mass is 9.82. The number of aliphatic hydroxyl groups is 2. The van der Waals surface area contributed by atoms with Crippen molar-refractivity contribution >= 4 is 17.8 Å². The summed E-state index contributed by atoms with van der Waals surface area (Å²) in [7, 11) is 0. The number of nitrogens with zero attached hydrogens (tertiary/aromatic N) is 2. The maximum absolute atomic E-state index is 12.0. The molecule has 2 aromatic carbocycles. The van der Waals surface area contributed by atoms with Crippen LogP contribution in [0.3, 0.4) is 0 Å². The van der Waals surface area contributed by atoms with Gasteiger partial charge in [0.1, 0.15) is 22.9 Å². The number of β-amino-alcohol motifs (C(OH)–C–C–N with tert-alkyl or cyclic N) is 1. The molecule has 2 heterocycles. The molecule has 2 aliphatic heterocycles. The molecule has 0 aliphatic carbocycles. The summed E-state index contributed by atoms with van der Waals surface area (Å²) in [4.78, 5) is 27.1. The van der Waals surface area contributed by atoms with E-state index in [9.17, 15) is 19.8 Å². The van der Waals surface area contributed by atoms with Crippen molar-refractivity contribution in [3.8, 4) is 0 Å². The average Bonchev–Trinajstić information content (AvgIpc) is 2.90. The number of aliphatic hydroxyl groups excluding tert-OH is 1. The van der Waals surface area contributed by atoms with E-state index in [1.54, 1.807) is 37.8 Å². The lowest BCUT2D eigenvalue weighted by Crippen LogP contribution is -2.55. The topological polar surface area (TPSA) is 99.5 Å². The van der Waals surface area contributed by atoms with E-state index in [-0.39, 0.29) is 19.1 Å². The molecule has 0 saturated carbocycles. The second-order valence-electron chi connectivity index (χ2n) is 12.3. The SMILES string of the molecule is CC(C)(C)OC(=O)N1CC=C(c2ccccc2)CC1.CC(C)(C)OC(=O)N1CC[C@@](O)(c2ccccc2)[C@H](O)C1. The van der Waals surface area contributed by atoms with Gasteiger partial charge in [-0.15, -0.1) is 0 Å². The van der Waals surface area contributed by atoms with E-state index in [1.807, 2.05) is 57.2 Å². The molecule has 0 unspecified atom stereocenters. The van der Waals surface area contributed by atoms with Crippen LogP contribution in [0.4, 0.5) is 9.59 Å². The predicted molar refractivity (Wildman–Crippen MR) is 156 cm³/mol. The largest absolute Gasteiger partial charge is 0.444 e. The van der Waals surface area contributed by atoms with Crippen LogP contribution in [0.5, 0.6) is 0 Å². The standard InChI is InChI=1S/C16H23NO4.C16H21NO2/c1-15(2,3)21-14(19)17-10-9-16(20,13(18)11-17)12-7-5-4-6-8-12;1-16(2,3)19-15(18)17-11-9-14(10-12-17)13-7-5-4-6-8-13/h4-8,13,18,20H,9-11H2,1-3H3;4-9H,10-12H2,1-3H3/t13-,16-;/m1./s1. The summed E-state index contributed by atoms with van der Waals surface area (Å²) < 4.78 is 10.7. The monoisotopic (exact) mass is 552 g/mol. The molecular formula is C32H44N2O6. The molecule has 8 nitrogen and oxygen atoms in total. The van der Waals surface area contributed by atoms with Crippen molar-refractivity contribution < 1.29 is 29.3 Å². The van der Waals surface area contributed by atoms with E-state index < -0.39 is 29.0 Å². The van der Waals surface area contributed by atoms with Crippen LogP contribution in [0.1, 0.15) is 65.5 Å². The molecule has 1 fully saturated rings. The number of piperidine rings is 1. The maximum Gasteiger partial charge on any atom is 0.410 e. The zero-order valence-corrected chi connectivity index (χ0v) is 24.6. The summed E-state index contributed by atoms with van der Waals surface area (Å²) >= 11 is 0. The van der Waals surface area contributed by atoms with Crippen molar-refractivity contribution in [1.29, 1.82) is 0 Å². The minimum absolute atomic E-state index is 0.0559. The first-order valence-electron chi connectivity index (χ1n) is 13.8. The Kier molecular flexibility index (Phi) is 10.0. The van der Waals surface area contributed by atoms with E-state index in [0.29, 0.717) is 18.7 Å². The molecule has 4 rings (SSSR count). The third-order valence-corrected chi connectivity index (χ3v) is 6.64. The lowest BCUT2D eigenvalue weighted by molar-refractivity contribution is -0.123. The Labute approximate surface area is 238 Å². The molecule has 2 N–H and O–H groups in total. The Hall–Kier alpha value is -3.36. The summed E-state index contributed by atoms with van der Waals surface area (Å²) in [6, 6.07) is 19.4. The molecule has 8 heteroatoms. The number of hydrogen-bond donors (Lipinski definition) is 2. The number of ether oxygens (including phenoxy) is 2. The molecule has 218 valence electrons. The van der Waals surface area contributed by atoms with Crippen molar-refractivity contribution in [3.05, 3.63) is 77.9 Å². The van der Waals surface area contributed by atoms with Crippen LogP contribution in [0.25, 0.3) is 5.57 Å². The fourth-order valence-electron chi connectivity index (χ4n) is 4.55. The smallest absolute Gasteiger partial charge is 0.410 e. The van der Waals surface area contributed by atoms with Crippen LogP contribution in [0.2, 0.25) is 0 Å². The third kappa shape index (κ3) is 8.83. The first-order valence-corrected chi connectivity index (χ1v) is 13.8. The third-order valence-electron chi connectivity index (χ3n) is 6.64. The highest BCUT2D eigenvalue weighted by Crippen LogP contribution is 2.33. The fourth-order valence-corrected chi connectivity index (χ4v) is 4.55. The maximum atomic E-state index is 12.0. The highest BCUT2D eigenvalue weighted by molar-refractivity contribution is 5.72. The summed E-state index contributed by atoms with van der Waals surface area (Å²) in [6.45, 7) is 12.8. The summed E-state index contributed by atoms with van der Waals surface area (Å²) in [6.07, 6.45) is 1.54. The van der Waals surface area contributed by atoms with Gasteiger partial charge in [0, 0.05) is 26.1 Å². The number of carbonyl (C=O) groups excluding carboxylic acids is 2. The molecule has 0 spiro atoms. The Morgan fingerprint density at radius 1 is 0.825 bits per heavy atom. The van der Waals surface area contributed by atoms with Crippen molar-refractivity contribution in [2.24, 2.45) is 0 Å². The van der Waals surface area contributed by atoms with Crippen LogP contribution in [0.15, 0.2) is 66.7 Å². The van der Waals surface area contributed by atoms with Gasteiger partial charge in [0.2, 0.25) is 0 Å². The Morgan fingerprint density at radius 2 is 1.35 bits per heavy atom. The van der Waals surface area contributed by atoms with Crippen molar-refractivity contribution in [1.82, 2.24) is 9.80 Å². The number of amides is 2. The summed E-state index contributed by atoms with van der Waals surface area (Å²) in [5, 5.41) is 21.0. The zero-order valence-electron chi connectivity index (χ0n) is 24.6. The number of hydrogen-bond acceptors (Lipinski definition) is 6. The molecule has 0 bridgehead atoms. The Morgan fingerprint density at radius 3 is 1.82 bits per heavy atom. The average molecular weight is 553 g/mol. The number of likely N-dealkylation sites (tertiary alicyclic amines) is 1. The highest BCUT2D eigenvalue weighted by atomic mass is 16.6. The Bertz CT molecular complexity index is 1150. The number of carbonyl (C=O) groups is 2. The van der Waals surface area contributed by atoms with Crippen LogP contribution in [0, 0.1) is 0 Å². The summed E-state index contributed by atoms with van der Waals surface area (Å²) in [5.41, 5.74) is 0.892. The van der Waals surface area contributed by atoms with Gasteiger partial charge in [0.05, 0.1) is 6.54 Å². The van der Waals surface area contributed by atoms with E-state index in [4.69, 9.17) is 9.47 Å². The molecule has 0 radical (unpaired) electrons. The van der Waals surface area contributed by atoms with Crippen LogP contribution < -0.4 is 0 Å². The van der Waals surface area contributed by atoms with Crippen LogP contribution in [-0.2, 0) is 15.1 Å². The molecule has 0 aromatic heterocycles. The second-order valence-corrected chi connectivity index (χ2v) is 12.3. The quantitative estimate of drug-likeness (QED) is 0.504. The van der Waals surface area contributed by atoms with E-state index in [2.05, 4.69) is 18.2 Å². The fraction of sp³-hybridized carbons (Fsp3) is 0.500. The van der Waals surface area contributed by atoms with Crippen molar-refractivity contribution in [3.63, 3.8) is 0 Å². The van der Waals surface area contributed by atoms with Crippen molar-refractivity contribution in [2.75, 3.05) is 26.2 Å². The molecule has 2 aliphatic rings. The highest BCUT2D eigenvalue weighted by Gasteiger charge is 2.43. The van der Waals surface area contributed by atoms with Crippen molar-refractivity contribution in [2.45, 2.75) is 77.3 Å². The van der Waals surface area contributed by atoms with Crippen LogP contribution in [-0.4, -0.2) is 75.7 Å². The molecule has 40 heavy (non-hydrogen) atoms. The molecule has 2 amide bonds. The molecule has 1 saturated heterocycles. The van der Waals surface area contributed by atoms with Gasteiger partial charge < -0.3 is 29.5 Å². The molecule has 2 atom stereocenters. The first-order chi connectivity index (χ1) is 18.7. The van der Waals surface area contributed by atoms with Gasteiger partial charge in [-0.25, -0.2) is 9.59 Å². The zero-order chi connectivity index (χ0) is 29.6. The molecular weight excluding hydrogens is 508 g/mol. The molecule has 2 aromatic rings. The second kappa shape index (κ2) is 12.9. The van der Waals surface area contributed by atoms with Gasteiger partial charge in [-0.1, -0.05) is 66.7 Å². The van der Waals surface area contributed by atoms with E-state index in [0.717, 1.165) is 13.0 Å². The van der Waals surface area contributed by atoms with Gasteiger partial charge in [-0.3, -0.25) is 0 Å². The lowest BCUT2D eigenvalue weighted by Gasteiger charge is -2.42. The predicted octanol–water partition coefficient (Wildman–Crippen LogP) is 5.59. The first kappa shape index (κ1) is 31.2. The minimum Gasteiger partial charge on any atom is -0.444 e. The van der Waals surface area contributed by atoms with Gasteiger partial charge >= 0.3 is 12.2 Å². The minimum atomic E-state index is -1.32. The van der Waals surface area contributed by atoms with Gasteiger partial charge in [0.25, 0.3) is 0 Å². The van der Waals surface area contributed by atoms with Gasteiger partial charge in [0.15, 0.2) is 0 Å². The normalized spacial score (nSPS) is 21.5. The number of benzene rings is 2. The van der Waals surface area contributed by atoms with E-state index >= 15 is 0 Å². The van der Waals surface area contributed by atoms with Gasteiger partial charge in [-0.05, 0) is 64.7 Å². The summed E-state index contributed by atoms with van der Waals surface area (Å²) in [5.74, 6) is 0. The Balaban J connectivity index is 0.000000222. The van der Waals surface area contributed by atoms with E-state index in [1.165, 1.54) is 16.0 Å². The van der Waals surface area contributed by atoms with Gasteiger partial charge in [-0.2, -0.15) is 0 Å².